The predicted molar refractivity (Wildman–Crippen MR) is 47.4 cm³/mol. The van der Waals surface area contributed by atoms with E-state index >= 15 is 0 Å². The van der Waals surface area contributed by atoms with Gasteiger partial charge in [-0.2, -0.15) is 0 Å². The van der Waals surface area contributed by atoms with Crippen LogP contribution in [-0.2, 0) is 9.47 Å². The molecule has 0 aromatic heterocycles. The van der Waals surface area contributed by atoms with Crippen LogP contribution in [0.25, 0.3) is 0 Å². The van der Waals surface area contributed by atoms with Crippen LogP contribution >= 0.6 is 0 Å². The Morgan fingerprint density at radius 3 is 2.77 bits per heavy atom. The fourth-order valence-electron chi connectivity index (χ4n) is 3.92. The van der Waals surface area contributed by atoms with Gasteiger partial charge in [-0.25, -0.2) is 0 Å². The van der Waals surface area contributed by atoms with Crippen LogP contribution in [0.2, 0.25) is 0 Å². The molecule has 2 heterocycles. The van der Waals surface area contributed by atoms with Gasteiger partial charge in [-0.3, -0.25) is 0 Å². The molecule has 0 aromatic carbocycles. The van der Waals surface area contributed by atoms with E-state index in [-0.39, 0.29) is 11.2 Å². The molecule has 13 heavy (non-hydrogen) atoms. The quantitative estimate of drug-likeness (QED) is 0.530. The molecule has 0 amide bonds. The molecule has 0 spiro atoms. The molecule has 2 aliphatic carbocycles. The minimum absolute atomic E-state index is 0.248. The van der Waals surface area contributed by atoms with Crippen molar-refractivity contribution in [1.82, 2.24) is 0 Å². The summed E-state index contributed by atoms with van der Waals surface area (Å²) in [6.45, 7) is 4.55. The summed E-state index contributed by atoms with van der Waals surface area (Å²) in [4.78, 5) is 0. The van der Waals surface area contributed by atoms with E-state index in [1.807, 2.05) is 0 Å². The lowest BCUT2D eigenvalue weighted by atomic mass is 9.76. The maximum Gasteiger partial charge on any atom is 0.0926 e. The number of fused-ring (bicyclic) bond motifs is 4. The van der Waals surface area contributed by atoms with E-state index in [4.69, 9.17) is 9.47 Å². The van der Waals surface area contributed by atoms with Crippen LogP contribution in [0.4, 0.5) is 0 Å². The van der Waals surface area contributed by atoms with Crippen molar-refractivity contribution in [3.8, 4) is 0 Å². The van der Waals surface area contributed by atoms with Crippen LogP contribution in [0.3, 0.4) is 0 Å². The minimum Gasteiger partial charge on any atom is -0.366 e. The summed E-state index contributed by atoms with van der Waals surface area (Å²) in [5, 5.41) is 0. The van der Waals surface area contributed by atoms with Gasteiger partial charge in [-0.15, -0.1) is 0 Å². The molecule has 6 unspecified atom stereocenters. The average molecular weight is 180 g/mol. The van der Waals surface area contributed by atoms with Crippen molar-refractivity contribution >= 4 is 0 Å². The van der Waals surface area contributed by atoms with Gasteiger partial charge in [0.25, 0.3) is 0 Å². The van der Waals surface area contributed by atoms with Gasteiger partial charge in [0, 0.05) is 0 Å². The molecule has 4 aliphatic rings. The molecular weight excluding hydrogens is 164 g/mol. The zero-order valence-corrected chi connectivity index (χ0v) is 8.25. The highest BCUT2D eigenvalue weighted by atomic mass is 16.6. The molecule has 0 radical (unpaired) electrons. The van der Waals surface area contributed by atoms with Gasteiger partial charge in [0.15, 0.2) is 0 Å². The van der Waals surface area contributed by atoms with Crippen molar-refractivity contribution < 1.29 is 9.47 Å². The Hall–Kier alpha value is -0.0800. The zero-order chi connectivity index (χ0) is 8.84. The Morgan fingerprint density at radius 2 is 1.92 bits per heavy atom. The number of rotatable bonds is 0. The third kappa shape index (κ3) is 0.736. The van der Waals surface area contributed by atoms with Crippen molar-refractivity contribution in [3.63, 3.8) is 0 Å². The van der Waals surface area contributed by atoms with E-state index in [1.54, 1.807) is 0 Å². The topological polar surface area (TPSA) is 25.1 Å². The highest BCUT2D eigenvalue weighted by molar-refractivity contribution is 5.19. The van der Waals surface area contributed by atoms with Crippen LogP contribution in [0.15, 0.2) is 0 Å². The summed E-state index contributed by atoms with van der Waals surface area (Å²) < 4.78 is 11.5. The van der Waals surface area contributed by atoms with Crippen LogP contribution in [-0.4, -0.2) is 23.4 Å². The first-order chi connectivity index (χ1) is 6.11. The molecule has 2 nitrogen and oxygen atoms in total. The summed E-state index contributed by atoms with van der Waals surface area (Å²) in [6, 6.07) is 0. The summed E-state index contributed by atoms with van der Waals surface area (Å²) >= 11 is 0. The first kappa shape index (κ1) is 7.24. The maximum atomic E-state index is 5.77. The molecule has 72 valence electrons. The first-order valence-electron chi connectivity index (χ1n) is 5.46. The average Bonchev–Trinajstić information content (AvgIpc) is 2.85. The van der Waals surface area contributed by atoms with Crippen molar-refractivity contribution in [2.75, 3.05) is 0 Å². The van der Waals surface area contributed by atoms with E-state index in [0.717, 1.165) is 11.8 Å². The minimum atomic E-state index is 0.248. The van der Waals surface area contributed by atoms with Gasteiger partial charge < -0.3 is 9.47 Å². The summed E-state index contributed by atoms with van der Waals surface area (Å²) in [6.07, 6.45) is 5.02. The van der Waals surface area contributed by atoms with Gasteiger partial charge in [0.2, 0.25) is 0 Å². The fraction of sp³-hybridized carbons (Fsp3) is 1.00. The first-order valence-corrected chi connectivity index (χ1v) is 5.46. The molecule has 0 bridgehead atoms. The van der Waals surface area contributed by atoms with Crippen LogP contribution < -0.4 is 0 Å². The van der Waals surface area contributed by atoms with E-state index in [1.165, 1.54) is 19.3 Å². The molecule has 4 fully saturated rings. The second kappa shape index (κ2) is 1.70. The maximum absolute atomic E-state index is 5.77. The highest BCUT2D eigenvalue weighted by Crippen LogP contribution is 2.65. The largest absolute Gasteiger partial charge is 0.366 e. The number of epoxide rings is 2. The van der Waals surface area contributed by atoms with Crippen molar-refractivity contribution in [2.45, 2.75) is 56.5 Å². The third-order valence-corrected chi connectivity index (χ3v) is 4.80. The lowest BCUT2D eigenvalue weighted by Crippen LogP contribution is -2.30. The second-order valence-electron chi connectivity index (χ2n) is 5.84. The Balaban J connectivity index is 1.65. The number of hydrogen-bond donors (Lipinski definition) is 0. The van der Waals surface area contributed by atoms with Crippen LogP contribution in [0, 0.1) is 11.8 Å². The van der Waals surface area contributed by atoms with Gasteiger partial charge in [-0.05, 0) is 44.9 Å². The highest BCUT2D eigenvalue weighted by Gasteiger charge is 2.71. The Morgan fingerprint density at radius 1 is 1.08 bits per heavy atom. The van der Waals surface area contributed by atoms with Crippen LogP contribution in [0.5, 0.6) is 0 Å². The molecule has 2 aliphatic heterocycles. The SMILES string of the molecule is CC12CC3C(CC1O2)CC1(C)OC31. The summed E-state index contributed by atoms with van der Waals surface area (Å²) in [5.41, 5.74) is 0.529. The number of ether oxygens (including phenoxy) is 2. The van der Waals surface area contributed by atoms with E-state index in [2.05, 4.69) is 13.8 Å². The van der Waals surface area contributed by atoms with Crippen molar-refractivity contribution in [3.05, 3.63) is 0 Å². The van der Waals surface area contributed by atoms with Gasteiger partial charge in [0.05, 0.1) is 23.4 Å². The molecule has 0 aromatic rings. The third-order valence-electron chi connectivity index (χ3n) is 4.80. The monoisotopic (exact) mass is 180 g/mol. The predicted octanol–water partition coefficient (Wildman–Crippen LogP) is 1.73. The molecule has 4 rings (SSSR count). The molecule has 6 atom stereocenters. The molecule has 2 heteroatoms. The molecule has 2 saturated heterocycles. The zero-order valence-electron chi connectivity index (χ0n) is 8.25. The van der Waals surface area contributed by atoms with Crippen LogP contribution in [0.1, 0.15) is 33.1 Å². The fourth-order valence-corrected chi connectivity index (χ4v) is 3.92. The second-order valence-corrected chi connectivity index (χ2v) is 5.84. The van der Waals surface area contributed by atoms with E-state index in [0.29, 0.717) is 12.2 Å². The standard InChI is InChI=1S/C11H16O2/c1-10-5-7-6(3-8(10)12-10)4-11(2)9(7)13-11/h6-9H,3-5H2,1-2H3. The Labute approximate surface area is 78.6 Å². The number of hydrogen-bond acceptors (Lipinski definition) is 2. The van der Waals surface area contributed by atoms with Gasteiger partial charge in [-0.1, -0.05) is 0 Å². The van der Waals surface area contributed by atoms with E-state index < -0.39 is 0 Å². The van der Waals surface area contributed by atoms with E-state index in [9.17, 15) is 0 Å². The lowest BCUT2D eigenvalue weighted by Gasteiger charge is -2.27. The van der Waals surface area contributed by atoms with Crippen molar-refractivity contribution in [1.29, 1.82) is 0 Å². The summed E-state index contributed by atoms with van der Waals surface area (Å²) in [5.74, 6) is 1.72. The normalized spacial score (nSPS) is 72.5. The van der Waals surface area contributed by atoms with Gasteiger partial charge >= 0.3 is 0 Å². The molecule has 2 saturated carbocycles. The summed E-state index contributed by atoms with van der Waals surface area (Å²) in [7, 11) is 0. The van der Waals surface area contributed by atoms with Gasteiger partial charge in [0.1, 0.15) is 0 Å². The molecule has 0 N–H and O–H groups in total. The lowest BCUT2D eigenvalue weighted by molar-refractivity contribution is 0.134. The molecular formula is C11H16O2. The smallest absolute Gasteiger partial charge is 0.0926 e. The van der Waals surface area contributed by atoms with Crippen molar-refractivity contribution in [2.24, 2.45) is 11.8 Å². The Bertz CT molecular complexity index is 290. The Kier molecular flexibility index (Phi) is 0.947.